The fourth-order valence-corrected chi connectivity index (χ4v) is 9.07. The second-order valence-electron chi connectivity index (χ2n) is 12.7. The van der Waals surface area contributed by atoms with E-state index < -0.39 is 5.69 Å². The van der Waals surface area contributed by atoms with Gasteiger partial charge in [0.25, 0.3) is 0 Å². The minimum atomic E-state index is -2.87. The van der Waals surface area contributed by atoms with Crippen LogP contribution in [0, 0.1) is 0 Å². The molecule has 0 aromatic heterocycles. The molecule has 0 amide bonds. The number of rotatable bonds is 36. The van der Waals surface area contributed by atoms with E-state index in [1.165, 1.54) is 204 Å². The normalized spacial score (nSPS) is 12.8. The van der Waals surface area contributed by atoms with Crippen LogP contribution in [-0.4, -0.2) is 12.4 Å². The molecule has 2 nitrogen and oxygen atoms in total. The maximum atomic E-state index is 12.5. The Bertz CT molecular complexity index is 497. The first kappa shape index (κ1) is 45.7. The van der Waals surface area contributed by atoms with Crippen LogP contribution in [0.1, 0.15) is 219 Å². The molecule has 0 aromatic carbocycles. The zero-order chi connectivity index (χ0) is 30.0. The van der Waals surface area contributed by atoms with Crippen LogP contribution in [0.2, 0.25) is 0 Å². The minimum Gasteiger partial charge on any atom is -0.793 e. The molecule has 0 rings (SSSR count). The van der Waals surface area contributed by atoms with Gasteiger partial charge in [-0.2, -0.15) is 0 Å². The van der Waals surface area contributed by atoms with Crippen LogP contribution >= 0.6 is 17.1 Å². The molecule has 0 fully saturated rings. The van der Waals surface area contributed by atoms with E-state index in [1.54, 1.807) is 0 Å². The van der Waals surface area contributed by atoms with Crippen molar-refractivity contribution in [3.8, 4) is 0 Å². The molecule has 1 unspecified atom stereocenters. The maximum absolute atomic E-state index is 12.5. The van der Waals surface area contributed by atoms with Gasteiger partial charge < -0.3 is 9.42 Å². The van der Waals surface area contributed by atoms with Crippen molar-refractivity contribution in [1.82, 2.24) is 0 Å². The van der Waals surface area contributed by atoms with E-state index in [4.69, 9.17) is 16.3 Å². The van der Waals surface area contributed by atoms with Crippen molar-refractivity contribution >= 4 is 28.9 Å². The number of hydrogen-bond donors (Lipinski definition) is 0. The van der Waals surface area contributed by atoms with Gasteiger partial charge in [0.05, 0.1) is 6.61 Å². The molecule has 250 valence electrons. The molecule has 0 aliphatic carbocycles. The van der Waals surface area contributed by atoms with E-state index in [-0.39, 0.29) is 19.5 Å². The van der Waals surface area contributed by atoms with Crippen molar-refractivity contribution in [2.24, 2.45) is 0 Å². The summed E-state index contributed by atoms with van der Waals surface area (Å²) in [6.45, 7) is 5.16. The number of unbranched alkanes of at least 4 members (excludes halogenated alkanes) is 30. The molecule has 0 aliphatic rings. The Morgan fingerprint density at radius 2 is 0.667 bits per heavy atom. The Labute approximate surface area is 287 Å². The summed E-state index contributed by atoms with van der Waals surface area (Å²) in [7, 11) is 0. The van der Waals surface area contributed by atoms with E-state index >= 15 is 0 Å². The van der Waals surface area contributed by atoms with Gasteiger partial charge >= 0.3 is 0 Å². The second-order valence-corrected chi connectivity index (χ2v) is 18.9. The van der Waals surface area contributed by atoms with Gasteiger partial charge in [-0.25, -0.2) is 0 Å². The van der Waals surface area contributed by atoms with E-state index in [0.717, 1.165) is 18.6 Å². The van der Waals surface area contributed by atoms with Crippen LogP contribution < -0.4 is 4.89 Å². The predicted molar refractivity (Wildman–Crippen MR) is 192 cm³/mol. The molecular weight excluding hydrogens is 625 g/mol. The van der Waals surface area contributed by atoms with Gasteiger partial charge in [-0.05, 0) is 18.6 Å². The summed E-state index contributed by atoms with van der Waals surface area (Å²) in [5.41, 5.74) is -2.87. The standard InChI is InChI=1S/C36H75O2PS2.Zn/c1-3-5-7-9-11-13-15-17-19-21-23-25-27-29-31-33-35-38-39(37,40)41-36-34-32-30-28-26-24-22-20-18-16-14-12-10-8-6-4-2;/h3-36H2,1-2H3,(H,37,40);/p-1. The third-order valence-corrected chi connectivity index (χ3v) is 12.9. The molecule has 6 heteroatoms. The van der Waals surface area contributed by atoms with Crippen molar-refractivity contribution in [3.63, 3.8) is 0 Å². The Balaban J connectivity index is 0. The molecular formula is C36H74O2PS2Zn-. The third kappa shape index (κ3) is 39.6. The molecule has 0 radical (unpaired) electrons. The Hall–Kier alpha value is 1.54. The molecule has 0 aromatic rings. The quantitative estimate of drug-likeness (QED) is 0.0370. The summed E-state index contributed by atoms with van der Waals surface area (Å²) in [4.78, 5) is 12.5. The van der Waals surface area contributed by atoms with Gasteiger partial charge in [0.2, 0.25) is 0 Å². The number of hydrogen-bond acceptors (Lipinski definition) is 4. The smallest absolute Gasteiger partial charge is 0.0513 e. The Morgan fingerprint density at radius 1 is 0.429 bits per heavy atom. The largest absolute Gasteiger partial charge is 0.793 e. The average molecular weight is 699 g/mol. The Morgan fingerprint density at radius 3 is 0.952 bits per heavy atom. The molecule has 0 spiro atoms. The summed E-state index contributed by atoms with van der Waals surface area (Å²) in [6.07, 6.45) is 43.9. The minimum absolute atomic E-state index is 0. The van der Waals surface area contributed by atoms with Gasteiger partial charge in [0, 0.05) is 25.2 Å². The molecule has 0 saturated carbocycles. The molecule has 1 atom stereocenters. The van der Waals surface area contributed by atoms with Crippen LogP contribution in [0.5, 0.6) is 0 Å². The Kier molecular flexibility index (Phi) is 42.1. The summed E-state index contributed by atoms with van der Waals surface area (Å²) < 4.78 is 5.61. The van der Waals surface area contributed by atoms with E-state index in [9.17, 15) is 4.89 Å². The molecule has 0 N–H and O–H groups in total. The zero-order valence-electron chi connectivity index (χ0n) is 28.8. The molecule has 0 bridgehead atoms. The van der Waals surface area contributed by atoms with Gasteiger partial charge in [0.1, 0.15) is 0 Å². The van der Waals surface area contributed by atoms with E-state index in [2.05, 4.69) is 13.8 Å². The van der Waals surface area contributed by atoms with Crippen LogP contribution in [0.15, 0.2) is 0 Å². The maximum Gasteiger partial charge on any atom is 0.0513 e. The predicted octanol–water partition coefficient (Wildman–Crippen LogP) is 13.8. The second kappa shape index (κ2) is 38.7. The first-order valence-corrected chi connectivity index (χ1v) is 23.0. The third-order valence-electron chi connectivity index (χ3n) is 8.49. The summed E-state index contributed by atoms with van der Waals surface area (Å²) in [6, 6.07) is 0. The van der Waals surface area contributed by atoms with Gasteiger partial charge in [0.15, 0.2) is 0 Å². The van der Waals surface area contributed by atoms with Crippen molar-refractivity contribution in [2.45, 2.75) is 219 Å². The summed E-state index contributed by atoms with van der Waals surface area (Å²) in [5.74, 6) is 0.887. The van der Waals surface area contributed by atoms with E-state index in [1.807, 2.05) is 0 Å². The van der Waals surface area contributed by atoms with Crippen molar-refractivity contribution in [3.05, 3.63) is 0 Å². The summed E-state index contributed by atoms with van der Waals surface area (Å²) in [5, 5.41) is 0. The molecule has 0 heterocycles. The van der Waals surface area contributed by atoms with Crippen LogP contribution in [0.4, 0.5) is 0 Å². The van der Waals surface area contributed by atoms with E-state index in [0.29, 0.717) is 6.61 Å². The van der Waals surface area contributed by atoms with Gasteiger partial charge in [-0.15, -0.1) is 11.4 Å². The van der Waals surface area contributed by atoms with Gasteiger partial charge in [-0.3, -0.25) is 0 Å². The topological polar surface area (TPSA) is 32.3 Å². The first-order valence-electron chi connectivity index (χ1n) is 18.7. The first-order chi connectivity index (χ1) is 20.1. The molecule has 42 heavy (non-hydrogen) atoms. The molecule has 0 saturated heterocycles. The summed E-state index contributed by atoms with van der Waals surface area (Å²) >= 11 is 6.66. The van der Waals surface area contributed by atoms with Crippen molar-refractivity contribution < 1.29 is 28.9 Å². The fourth-order valence-electron chi connectivity index (χ4n) is 5.69. The van der Waals surface area contributed by atoms with Crippen LogP contribution in [0.3, 0.4) is 0 Å². The fraction of sp³-hybridized carbons (Fsp3) is 1.00. The SMILES string of the molecule is CCCCCCCCCCCCCCCCCCOP([O-])(=S)SCCCCCCCCCCCCCCCCCC.[Zn]. The van der Waals surface area contributed by atoms with Crippen LogP contribution in [-0.2, 0) is 35.8 Å². The average Bonchev–Trinajstić information content (AvgIpc) is 2.96. The van der Waals surface area contributed by atoms with Crippen molar-refractivity contribution in [1.29, 1.82) is 0 Å². The monoisotopic (exact) mass is 697 g/mol. The zero-order valence-corrected chi connectivity index (χ0v) is 34.3. The van der Waals surface area contributed by atoms with Crippen LogP contribution in [0.25, 0.3) is 0 Å². The van der Waals surface area contributed by atoms with Gasteiger partial charge in [-0.1, -0.05) is 218 Å². The molecule has 0 aliphatic heterocycles. The van der Waals surface area contributed by atoms with Crippen molar-refractivity contribution in [2.75, 3.05) is 12.4 Å².